The lowest BCUT2D eigenvalue weighted by molar-refractivity contribution is 0.198. The van der Waals surface area contributed by atoms with Gasteiger partial charge in [0, 0.05) is 61.1 Å². The molecule has 1 aliphatic heterocycles. The Morgan fingerprint density at radius 1 is 1.12 bits per heavy atom. The lowest BCUT2D eigenvalue weighted by Gasteiger charge is -2.15. The molecule has 0 saturated carbocycles. The first-order valence-corrected chi connectivity index (χ1v) is 8.82. The van der Waals surface area contributed by atoms with Gasteiger partial charge in [-0.2, -0.15) is 0 Å². The molecule has 0 amide bonds. The molecule has 0 radical (unpaired) electrons. The third kappa shape index (κ3) is 3.60. The van der Waals surface area contributed by atoms with Gasteiger partial charge in [0.25, 0.3) is 0 Å². The van der Waals surface area contributed by atoms with Crippen molar-refractivity contribution in [3.8, 4) is 16.3 Å². The van der Waals surface area contributed by atoms with E-state index in [-0.39, 0.29) is 6.10 Å². The van der Waals surface area contributed by atoms with Crippen molar-refractivity contribution in [3.05, 3.63) is 60.1 Å². The van der Waals surface area contributed by atoms with Gasteiger partial charge < -0.3 is 4.74 Å². The maximum Gasteiger partial charge on any atom is 0.125 e. The van der Waals surface area contributed by atoms with Crippen molar-refractivity contribution in [2.45, 2.75) is 19.1 Å². The van der Waals surface area contributed by atoms with Crippen molar-refractivity contribution in [1.82, 2.24) is 19.9 Å². The third-order valence-corrected chi connectivity index (χ3v) is 5.05. The van der Waals surface area contributed by atoms with Crippen molar-refractivity contribution < 1.29 is 4.74 Å². The summed E-state index contributed by atoms with van der Waals surface area (Å²) in [5.41, 5.74) is 1.08. The molecular weight excluding hydrogens is 320 g/mol. The molecular formula is C18H18N4OS. The zero-order valence-corrected chi connectivity index (χ0v) is 14.0. The van der Waals surface area contributed by atoms with Crippen LogP contribution in [-0.4, -0.2) is 39.0 Å². The minimum absolute atomic E-state index is 0.248. The van der Waals surface area contributed by atoms with Gasteiger partial charge in [-0.1, -0.05) is 0 Å². The number of rotatable bonds is 5. The lowest BCUT2D eigenvalue weighted by atomic mass is 10.3. The smallest absolute Gasteiger partial charge is 0.125 e. The number of hydrogen-bond donors (Lipinski definition) is 0. The van der Waals surface area contributed by atoms with Gasteiger partial charge in [0.2, 0.25) is 0 Å². The van der Waals surface area contributed by atoms with E-state index < -0.39 is 0 Å². The van der Waals surface area contributed by atoms with Crippen LogP contribution in [0.15, 0.2) is 55.2 Å². The van der Waals surface area contributed by atoms with Gasteiger partial charge in [-0.05, 0) is 30.7 Å². The van der Waals surface area contributed by atoms with Crippen molar-refractivity contribution in [2.75, 3.05) is 13.1 Å². The van der Waals surface area contributed by atoms with Crippen LogP contribution in [0.3, 0.4) is 0 Å². The van der Waals surface area contributed by atoms with Crippen molar-refractivity contribution in [2.24, 2.45) is 0 Å². The van der Waals surface area contributed by atoms with Crippen LogP contribution >= 0.6 is 11.3 Å². The van der Waals surface area contributed by atoms with E-state index in [0.717, 1.165) is 42.4 Å². The van der Waals surface area contributed by atoms with Crippen molar-refractivity contribution >= 4 is 11.3 Å². The van der Waals surface area contributed by atoms with E-state index in [2.05, 4.69) is 19.9 Å². The van der Waals surface area contributed by atoms with E-state index in [1.165, 1.54) is 4.88 Å². The molecule has 0 aromatic carbocycles. The number of aromatic nitrogens is 3. The van der Waals surface area contributed by atoms with Gasteiger partial charge in [0.15, 0.2) is 0 Å². The SMILES string of the molecule is c1cncc(-c2ncc(CN3CCC(Oc4ccncc4)C3)s2)c1. The molecule has 3 aromatic rings. The fourth-order valence-electron chi connectivity index (χ4n) is 2.87. The fraction of sp³-hybridized carbons (Fsp3) is 0.278. The topological polar surface area (TPSA) is 51.1 Å². The van der Waals surface area contributed by atoms with E-state index in [1.54, 1.807) is 29.9 Å². The molecule has 3 aromatic heterocycles. The highest BCUT2D eigenvalue weighted by Crippen LogP contribution is 2.26. The second-order valence-electron chi connectivity index (χ2n) is 5.82. The van der Waals surface area contributed by atoms with Crippen LogP contribution in [0.25, 0.3) is 10.6 Å². The molecule has 24 heavy (non-hydrogen) atoms. The molecule has 1 saturated heterocycles. The molecule has 0 aliphatic carbocycles. The highest BCUT2D eigenvalue weighted by Gasteiger charge is 2.24. The molecule has 122 valence electrons. The quantitative estimate of drug-likeness (QED) is 0.715. The minimum atomic E-state index is 0.248. The van der Waals surface area contributed by atoms with Gasteiger partial charge in [-0.3, -0.25) is 14.9 Å². The number of thiazole rings is 1. The van der Waals surface area contributed by atoms with E-state index in [4.69, 9.17) is 4.74 Å². The Labute approximate surface area is 145 Å². The number of ether oxygens (including phenoxy) is 1. The molecule has 1 unspecified atom stereocenters. The summed E-state index contributed by atoms with van der Waals surface area (Å²) in [4.78, 5) is 16.4. The maximum absolute atomic E-state index is 6.02. The van der Waals surface area contributed by atoms with Gasteiger partial charge >= 0.3 is 0 Å². The van der Waals surface area contributed by atoms with E-state index >= 15 is 0 Å². The maximum atomic E-state index is 6.02. The normalized spacial score (nSPS) is 17.9. The standard InChI is InChI=1S/C18H18N4OS/c1-2-14(10-20-6-1)18-21-11-17(24-18)13-22-9-5-16(12-22)23-15-3-7-19-8-4-15/h1-4,6-8,10-11,16H,5,9,12-13H2. The lowest BCUT2D eigenvalue weighted by Crippen LogP contribution is -2.24. The predicted octanol–water partition coefficient (Wildman–Crippen LogP) is 3.25. The second kappa shape index (κ2) is 7.07. The summed E-state index contributed by atoms with van der Waals surface area (Å²) in [5.74, 6) is 0.897. The predicted molar refractivity (Wildman–Crippen MR) is 93.9 cm³/mol. The average molecular weight is 338 g/mol. The van der Waals surface area contributed by atoms with Crippen LogP contribution in [0.2, 0.25) is 0 Å². The fourth-order valence-corrected chi connectivity index (χ4v) is 3.81. The first-order valence-electron chi connectivity index (χ1n) is 8.01. The zero-order valence-electron chi connectivity index (χ0n) is 13.2. The van der Waals surface area contributed by atoms with Crippen LogP contribution in [0.5, 0.6) is 5.75 Å². The Kier molecular flexibility index (Phi) is 4.49. The zero-order chi connectivity index (χ0) is 16.2. The number of hydrogen-bond acceptors (Lipinski definition) is 6. The Bertz CT molecular complexity index is 778. The van der Waals surface area contributed by atoms with Gasteiger partial charge in [0.1, 0.15) is 16.9 Å². The largest absolute Gasteiger partial charge is 0.489 e. The summed E-state index contributed by atoms with van der Waals surface area (Å²) in [5, 5.41) is 1.03. The van der Waals surface area contributed by atoms with E-state index in [0.29, 0.717) is 0 Å². The molecule has 0 N–H and O–H groups in total. The first-order chi connectivity index (χ1) is 11.9. The molecule has 5 nitrogen and oxygen atoms in total. The number of nitrogens with zero attached hydrogens (tertiary/aromatic N) is 4. The summed E-state index contributed by atoms with van der Waals surface area (Å²) in [6, 6.07) is 7.81. The molecule has 6 heteroatoms. The minimum Gasteiger partial charge on any atom is -0.489 e. The van der Waals surface area contributed by atoms with E-state index in [9.17, 15) is 0 Å². The van der Waals surface area contributed by atoms with Crippen molar-refractivity contribution in [3.63, 3.8) is 0 Å². The van der Waals surface area contributed by atoms with E-state index in [1.807, 2.05) is 36.7 Å². The number of likely N-dealkylation sites (tertiary alicyclic amines) is 1. The highest BCUT2D eigenvalue weighted by molar-refractivity contribution is 7.15. The van der Waals surface area contributed by atoms with Gasteiger partial charge in [-0.25, -0.2) is 4.98 Å². The third-order valence-electron chi connectivity index (χ3n) is 4.02. The van der Waals surface area contributed by atoms with Crippen LogP contribution in [-0.2, 0) is 6.54 Å². The monoisotopic (exact) mass is 338 g/mol. The molecule has 1 fully saturated rings. The van der Waals surface area contributed by atoms with Crippen LogP contribution in [0.1, 0.15) is 11.3 Å². The summed E-state index contributed by atoms with van der Waals surface area (Å²) in [6.45, 7) is 2.92. The van der Waals surface area contributed by atoms with Gasteiger partial charge in [-0.15, -0.1) is 11.3 Å². The number of pyridine rings is 2. The van der Waals surface area contributed by atoms with Gasteiger partial charge in [0.05, 0.1) is 0 Å². The van der Waals surface area contributed by atoms with Crippen LogP contribution in [0.4, 0.5) is 0 Å². The Morgan fingerprint density at radius 3 is 2.88 bits per heavy atom. The van der Waals surface area contributed by atoms with Crippen LogP contribution < -0.4 is 4.74 Å². The molecule has 1 aliphatic rings. The molecule has 0 spiro atoms. The summed E-state index contributed by atoms with van der Waals surface area (Å²) < 4.78 is 6.02. The Balaban J connectivity index is 1.34. The molecule has 0 bridgehead atoms. The Hall–Kier alpha value is -2.31. The van der Waals surface area contributed by atoms with Crippen molar-refractivity contribution in [1.29, 1.82) is 0 Å². The molecule has 1 atom stereocenters. The molecule has 4 heterocycles. The Morgan fingerprint density at radius 2 is 2.04 bits per heavy atom. The first kappa shape index (κ1) is 15.2. The highest BCUT2D eigenvalue weighted by atomic mass is 32.1. The molecule has 4 rings (SSSR count). The summed E-state index contributed by atoms with van der Waals surface area (Å²) in [6.07, 6.45) is 10.4. The van der Waals surface area contributed by atoms with Crippen LogP contribution in [0, 0.1) is 0 Å². The second-order valence-corrected chi connectivity index (χ2v) is 6.94. The average Bonchev–Trinajstić information content (AvgIpc) is 3.27. The summed E-state index contributed by atoms with van der Waals surface area (Å²) in [7, 11) is 0. The summed E-state index contributed by atoms with van der Waals surface area (Å²) >= 11 is 1.74.